The van der Waals surface area contributed by atoms with Gasteiger partial charge in [0.1, 0.15) is 5.01 Å². The van der Waals surface area contributed by atoms with E-state index in [1.165, 1.54) is 30.0 Å². The molecule has 1 fully saturated rings. The summed E-state index contributed by atoms with van der Waals surface area (Å²) < 4.78 is 0. The first-order valence-corrected chi connectivity index (χ1v) is 8.09. The molecule has 0 N–H and O–H groups in total. The van der Waals surface area contributed by atoms with E-state index < -0.39 is 0 Å². The van der Waals surface area contributed by atoms with Crippen molar-refractivity contribution in [1.29, 1.82) is 0 Å². The van der Waals surface area contributed by atoms with Crippen molar-refractivity contribution in [2.24, 2.45) is 0 Å². The van der Waals surface area contributed by atoms with Crippen molar-refractivity contribution < 1.29 is 9.59 Å². The third-order valence-electron chi connectivity index (χ3n) is 2.85. The summed E-state index contributed by atoms with van der Waals surface area (Å²) in [5, 5.41) is 9.97. The van der Waals surface area contributed by atoms with Crippen molar-refractivity contribution in [2.45, 2.75) is 44.8 Å². The molecule has 5 nitrogen and oxygen atoms in total. The number of unbranched alkanes of at least 4 members (excludes halogenated alkanes) is 1. The van der Waals surface area contributed by atoms with E-state index in [-0.39, 0.29) is 16.3 Å². The first-order chi connectivity index (χ1) is 9.10. The second-order valence-corrected chi connectivity index (χ2v) is 7.04. The van der Waals surface area contributed by atoms with Crippen LogP contribution in [0, 0.1) is 0 Å². The van der Waals surface area contributed by atoms with E-state index in [2.05, 4.69) is 17.1 Å². The molecule has 1 aliphatic heterocycles. The number of thioether (sulfide) groups is 1. The van der Waals surface area contributed by atoms with Gasteiger partial charge in [0.05, 0.1) is 0 Å². The molecular formula is C12H17N3O2S2. The summed E-state index contributed by atoms with van der Waals surface area (Å²) in [6, 6.07) is 0. The number of hydrogen-bond acceptors (Lipinski definition) is 6. The van der Waals surface area contributed by atoms with Crippen LogP contribution in [0.3, 0.4) is 0 Å². The van der Waals surface area contributed by atoms with Crippen LogP contribution in [0.15, 0.2) is 0 Å². The second kappa shape index (κ2) is 6.47. The Kier molecular flexibility index (Phi) is 4.93. The van der Waals surface area contributed by atoms with Gasteiger partial charge in [0.15, 0.2) is 5.12 Å². The Bertz CT molecular complexity index is 475. The summed E-state index contributed by atoms with van der Waals surface area (Å²) in [4.78, 5) is 24.7. The number of carbonyl (C=O) groups is 2. The van der Waals surface area contributed by atoms with Gasteiger partial charge in [-0.05, 0) is 6.42 Å². The third-order valence-corrected chi connectivity index (χ3v) is 4.84. The number of anilines is 1. The van der Waals surface area contributed by atoms with Crippen LogP contribution in [-0.2, 0) is 16.0 Å². The van der Waals surface area contributed by atoms with Crippen molar-refractivity contribution in [2.75, 3.05) is 11.4 Å². The zero-order chi connectivity index (χ0) is 13.8. The summed E-state index contributed by atoms with van der Waals surface area (Å²) in [7, 11) is 0. The Morgan fingerprint density at radius 2 is 2.32 bits per heavy atom. The molecule has 7 heteroatoms. The molecule has 1 aromatic heterocycles. The standard InChI is InChI=1S/C12H17N3O2S2/c1-3-4-5-10-13-14-12(19-10)15-7-9(6-11(15)17)18-8(2)16/h9H,3-7H2,1-2H3. The normalized spacial score (nSPS) is 19.2. The molecular weight excluding hydrogens is 282 g/mol. The fraction of sp³-hybridized carbons (Fsp3) is 0.667. The van der Waals surface area contributed by atoms with Crippen LogP contribution in [0.5, 0.6) is 0 Å². The Balaban J connectivity index is 1.99. The smallest absolute Gasteiger partial charge is 0.230 e. The van der Waals surface area contributed by atoms with Gasteiger partial charge >= 0.3 is 0 Å². The molecule has 0 radical (unpaired) electrons. The zero-order valence-electron chi connectivity index (χ0n) is 11.1. The van der Waals surface area contributed by atoms with Gasteiger partial charge in [-0.2, -0.15) is 0 Å². The SMILES string of the molecule is CCCCc1nnc(N2CC(SC(C)=O)CC2=O)s1. The Hall–Kier alpha value is -0.950. The van der Waals surface area contributed by atoms with E-state index in [0.29, 0.717) is 18.1 Å². The van der Waals surface area contributed by atoms with Gasteiger partial charge in [-0.1, -0.05) is 36.4 Å². The average molecular weight is 299 g/mol. The molecule has 1 aliphatic rings. The van der Waals surface area contributed by atoms with Crippen molar-refractivity contribution in [3.63, 3.8) is 0 Å². The fourth-order valence-corrected chi connectivity index (χ4v) is 3.78. The van der Waals surface area contributed by atoms with Crippen molar-refractivity contribution in [3.8, 4) is 0 Å². The predicted molar refractivity (Wildman–Crippen MR) is 77.6 cm³/mol. The van der Waals surface area contributed by atoms with E-state index >= 15 is 0 Å². The summed E-state index contributed by atoms with van der Waals surface area (Å²) in [5.41, 5.74) is 0. The van der Waals surface area contributed by atoms with Crippen LogP contribution in [0.2, 0.25) is 0 Å². The topological polar surface area (TPSA) is 63.2 Å². The number of nitrogens with zero attached hydrogens (tertiary/aromatic N) is 3. The summed E-state index contributed by atoms with van der Waals surface area (Å²) in [5.74, 6) is 0.0388. The number of hydrogen-bond donors (Lipinski definition) is 0. The van der Waals surface area contributed by atoms with Gasteiger partial charge in [0.25, 0.3) is 0 Å². The number of carbonyl (C=O) groups excluding carboxylic acids is 2. The van der Waals surface area contributed by atoms with Crippen molar-refractivity contribution >= 4 is 39.3 Å². The quantitative estimate of drug-likeness (QED) is 0.834. The molecule has 19 heavy (non-hydrogen) atoms. The number of aryl methyl sites for hydroxylation is 1. The third kappa shape index (κ3) is 3.76. The minimum absolute atomic E-state index is 0.0388. The lowest BCUT2D eigenvalue weighted by Crippen LogP contribution is -2.24. The lowest BCUT2D eigenvalue weighted by Gasteiger charge is -2.11. The number of amides is 1. The molecule has 0 aliphatic carbocycles. The Morgan fingerprint density at radius 1 is 1.53 bits per heavy atom. The maximum Gasteiger partial charge on any atom is 0.230 e. The average Bonchev–Trinajstić information content (AvgIpc) is 2.92. The first-order valence-electron chi connectivity index (χ1n) is 6.40. The van der Waals surface area contributed by atoms with Gasteiger partial charge in [0, 0.05) is 31.6 Å². The fourth-order valence-electron chi connectivity index (χ4n) is 1.96. The Labute approximate surface area is 120 Å². The summed E-state index contributed by atoms with van der Waals surface area (Å²) in [6.07, 6.45) is 3.54. The molecule has 2 heterocycles. The summed E-state index contributed by atoms with van der Waals surface area (Å²) >= 11 is 2.72. The molecule has 104 valence electrons. The maximum atomic E-state index is 11.9. The minimum atomic E-state index is 0.0388. The van der Waals surface area contributed by atoms with Crippen LogP contribution < -0.4 is 4.90 Å². The van der Waals surface area contributed by atoms with Gasteiger partial charge in [-0.25, -0.2) is 0 Å². The molecule has 0 spiro atoms. The van der Waals surface area contributed by atoms with Gasteiger partial charge < -0.3 is 0 Å². The highest BCUT2D eigenvalue weighted by Crippen LogP contribution is 2.30. The van der Waals surface area contributed by atoms with Crippen LogP contribution >= 0.6 is 23.1 Å². The van der Waals surface area contributed by atoms with Gasteiger partial charge in [-0.15, -0.1) is 10.2 Å². The number of rotatable bonds is 5. The molecule has 1 aromatic rings. The van der Waals surface area contributed by atoms with E-state index in [1.807, 2.05) is 0 Å². The predicted octanol–water partition coefficient (Wildman–Crippen LogP) is 2.27. The molecule has 1 unspecified atom stereocenters. The lowest BCUT2D eigenvalue weighted by molar-refractivity contribution is -0.117. The molecule has 1 saturated heterocycles. The second-order valence-electron chi connectivity index (χ2n) is 4.52. The first kappa shape index (κ1) is 14.5. The van der Waals surface area contributed by atoms with E-state index in [4.69, 9.17) is 0 Å². The largest absolute Gasteiger partial charge is 0.288 e. The van der Waals surface area contributed by atoms with E-state index in [9.17, 15) is 9.59 Å². The van der Waals surface area contributed by atoms with E-state index in [1.54, 1.807) is 4.90 Å². The molecule has 2 rings (SSSR count). The van der Waals surface area contributed by atoms with Crippen LogP contribution in [0.4, 0.5) is 5.13 Å². The monoisotopic (exact) mass is 299 g/mol. The van der Waals surface area contributed by atoms with Gasteiger partial charge in [-0.3, -0.25) is 14.5 Å². The van der Waals surface area contributed by atoms with Crippen LogP contribution in [0.1, 0.15) is 38.1 Å². The maximum absolute atomic E-state index is 11.9. The highest BCUT2D eigenvalue weighted by Gasteiger charge is 2.33. The molecule has 1 amide bonds. The van der Waals surface area contributed by atoms with Crippen LogP contribution in [-0.4, -0.2) is 33.0 Å². The van der Waals surface area contributed by atoms with Crippen LogP contribution in [0.25, 0.3) is 0 Å². The molecule has 1 atom stereocenters. The van der Waals surface area contributed by atoms with Crippen molar-refractivity contribution in [3.05, 3.63) is 5.01 Å². The highest BCUT2D eigenvalue weighted by molar-refractivity contribution is 8.14. The highest BCUT2D eigenvalue weighted by atomic mass is 32.2. The lowest BCUT2D eigenvalue weighted by atomic mass is 10.3. The number of aromatic nitrogens is 2. The molecule has 0 aromatic carbocycles. The van der Waals surface area contributed by atoms with E-state index in [0.717, 1.165) is 24.3 Å². The zero-order valence-corrected chi connectivity index (χ0v) is 12.7. The van der Waals surface area contributed by atoms with Gasteiger partial charge in [0.2, 0.25) is 11.0 Å². The molecule has 0 bridgehead atoms. The molecule has 0 saturated carbocycles. The minimum Gasteiger partial charge on any atom is -0.288 e. The summed E-state index contributed by atoms with van der Waals surface area (Å²) in [6.45, 7) is 4.23. The van der Waals surface area contributed by atoms with Crippen molar-refractivity contribution in [1.82, 2.24) is 10.2 Å². The Morgan fingerprint density at radius 3 is 3.00 bits per heavy atom.